The van der Waals surface area contributed by atoms with Crippen LogP contribution >= 0.6 is 11.6 Å². The van der Waals surface area contributed by atoms with E-state index >= 15 is 0 Å². The normalized spacial score (nSPS) is 12.2. The zero-order valence-electron chi connectivity index (χ0n) is 10.5. The van der Waals surface area contributed by atoms with Crippen LogP contribution in [0, 0.1) is 0 Å². The summed E-state index contributed by atoms with van der Waals surface area (Å²) in [7, 11) is 0. The van der Waals surface area contributed by atoms with Gasteiger partial charge in [0.15, 0.2) is 0 Å². The van der Waals surface area contributed by atoms with Crippen LogP contribution in [-0.4, -0.2) is 13.2 Å². The van der Waals surface area contributed by atoms with Gasteiger partial charge in [-0.1, -0.05) is 37.2 Å². The fraction of sp³-hybridized carbons (Fsp3) is 0.429. The van der Waals surface area contributed by atoms with Crippen LogP contribution in [0.4, 0.5) is 0 Å². The van der Waals surface area contributed by atoms with Crippen LogP contribution in [0.3, 0.4) is 0 Å². The fourth-order valence-electron chi connectivity index (χ4n) is 1.45. The molecule has 0 bridgehead atoms. The SMILES string of the molecule is C=C(Cl)CNC(C)c1ccc(OCCC)cc1. The highest BCUT2D eigenvalue weighted by Crippen LogP contribution is 2.18. The summed E-state index contributed by atoms with van der Waals surface area (Å²) in [6, 6.07) is 8.39. The summed E-state index contributed by atoms with van der Waals surface area (Å²) in [6.45, 7) is 9.23. The van der Waals surface area contributed by atoms with Gasteiger partial charge in [0, 0.05) is 17.6 Å². The van der Waals surface area contributed by atoms with Crippen molar-refractivity contribution < 1.29 is 4.74 Å². The number of benzene rings is 1. The Morgan fingerprint density at radius 3 is 2.59 bits per heavy atom. The van der Waals surface area contributed by atoms with Crippen LogP contribution in [0.1, 0.15) is 31.9 Å². The van der Waals surface area contributed by atoms with E-state index in [4.69, 9.17) is 16.3 Å². The third kappa shape index (κ3) is 5.24. The lowest BCUT2D eigenvalue weighted by Gasteiger charge is -2.14. The molecule has 0 aromatic heterocycles. The molecule has 0 amide bonds. The van der Waals surface area contributed by atoms with E-state index in [0.29, 0.717) is 11.6 Å². The Labute approximate surface area is 109 Å². The molecular formula is C14H20ClNO. The maximum absolute atomic E-state index is 5.71. The van der Waals surface area contributed by atoms with Crippen LogP contribution < -0.4 is 10.1 Å². The molecule has 1 N–H and O–H groups in total. The van der Waals surface area contributed by atoms with E-state index in [-0.39, 0.29) is 6.04 Å². The maximum atomic E-state index is 5.71. The number of rotatable bonds is 7. The van der Waals surface area contributed by atoms with Gasteiger partial charge in [0.1, 0.15) is 5.75 Å². The zero-order chi connectivity index (χ0) is 12.7. The van der Waals surface area contributed by atoms with E-state index in [0.717, 1.165) is 18.8 Å². The summed E-state index contributed by atoms with van der Waals surface area (Å²) in [5.41, 5.74) is 1.21. The topological polar surface area (TPSA) is 21.3 Å². The van der Waals surface area contributed by atoms with Gasteiger partial charge in [-0.3, -0.25) is 0 Å². The number of halogens is 1. The minimum atomic E-state index is 0.255. The number of nitrogens with one attached hydrogen (secondary N) is 1. The number of hydrogen-bond acceptors (Lipinski definition) is 2. The van der Waals surface area contributed by atoms with Crippen LogP contribution in [-0.2, 0) is 0 Å². The van der Waals surface area contributed by atoms with Crippen molar-refractivity contribution in [2.45, 2.75) is 26.3 Å². The van der Waals surface area contributed by atoms with Gasteiger partial charge < -0.3 is 10.1 Å². The lowest BCUT2D eigenvalue weighted by molar-refractivity contribution is 0.317. The quantitative estimate of drug-likeness (QED) is 0.796. The molecule has 17 heavy (non-hydrogen) atoms. The first kappa shape index (κ1) is 14.1. The largest absolute Gasteiger partial charge is 0.494 e. The summed E-state index contributed by atoms with van der Waals surface area (Å²) in [4.78, 5) is 0. The molecule has 0 aliphatic heterocycles. The smallest absolute Gasteiger partial charge is 0.119 e. The second-order valence-electron chi connectivity index (χ2n) is 4.04. The van der Waals surface area contributed by atoms with Crippen LogP contribution in [0.25, 0.3) is 0 Å². The third-order valence-corrected chi connectivity index (χ3v) is 2.59. The number of ether oxygens (including phenoxy) is 1. The van der Waals surface area contributed by atoms with E-state index in [2.05, 4.69) is 37.9 Å². The summed E-state index contributed by atoms with van der Waals surface area (Å²) < 4.78 is 5.53. The molecular weight excluding hydrogens is 234 g/mol. The lowest BCUT2D eigenvalue weighted by Crippen LogP contribution is -2.19. The molecule has 0 aliphatic rings. The van der Waals surface area contributed by atoms with Crippen molar-refractivity contribution >= 4 is 11.6 Å². The van der Waals surface area contributed by atoms with Crippen molar-refractivity contribution in [3.8, 4) is 5.75 Å². The molecule has 2 nitrogen and oxygen atoms in total. The van der Waals surface area contributed by atoms with Gasteiger partial charge >= 0.3 is 0 Å². The third-order valence-electron chi connectivity index (χ3n) is 2.45. The van der Waals surface area contributed by atoms with Crippen LogP contribution in [0.2, 0.25) is 0 Å². The minimum Gasteiger partial charge on any atom is -0.494 e. The molecule has 0 saturated carbocycles. The van der Waals surface area contributed by atoms with Crippen molar-refractivity contribution in [3.63, 3.8) is 0 Å². The van der Waals surface area contributed by atoms with Gasteiger partial charge in [-0.25, -0.2) is 0 Å². The van der Waals surface area contributed by atoms with E-state index in [9.17, 15) is 0 Å². The second-order valence-corrected chi connectivity index (χ2v) is 4.57. The Kier molecular flexibility index (Phi) is 6.09. The molecule has 0 heterocycles. The summed E-state index contributed by atoms with van der Waals surface area (Å²) in [5.74, 6) is 0.921. The van der Waals surface area contributed by atoms with Crippen molar-refractivity contribution in [3.05, 3.63) is 41.4 Å². The van der Waals surface area contributed by atoms with E-state index in [1.807, 2.05) is 12.1 Å². The molecule has 0 aliphatic carbocycles. The molecule has 94 valence electrons. The monoisotopic (exact) mass is 253 g/mol. The Balaban J connectivity index is 2.51. The maximum Gasteiger partial charge on any atom is 0.119 e. The molecule has 1 unspecified atom stereocenters. The highest BCUT2D eigenvalue weighted by molar-refractivity contribution is 6.29. The fourth-order valence-corrected chi connectivity index (χ4v) is 1.53. The first-order chi connectivity index (χ1) is 8.13. The average Bonchev–Trinajstić information content (AvgIpc) is 2.34. The van der Waals surface area contributed by atoms with Crippen molar-refractivity contribution in [2.24, 2.45) is 0 Å². The summed E-state index contributed by atoms with van der Waals surface area (Å²) in [6.07, 6.45) is 1.03. The van der Waals surface area contributed by atoms with Gasteiger partial charge in [0.25, 0.3) is 0 Å². The number of hydrogen-bond donors (Lipinski definition) is 1. The molecule has 0 fully saturated rings. The van der Waals surface area contributed by atoms with Crippen molar-refractivity contribution in [1.29, 1.82) is 0 Å². The standard InChI is InChI=1S/C14H20ClNO/c1-4-9-17-14-7-5-13(6-8-14)12(3)16-10-11(2)15/h5-8,12,16H,2,4,9-10H2,1,3H3. The van der Waals surface area contributed by atoms with E-state index in [1.54, 1.807) is 0 Å². The van der Waals surface area contributed by atoms with Gasteiger partial charge in [-0.15, -0.1) is 0 Å². The molecule has 0 saturated heterocycles. The van der Waals surface area contributed by atoms with Gasteiger partial charge in [0.05, 0.1) is 6.61 Å². The summed E-state index contributed by atoms with van der Waals surface area (Å²) in [5, 5.41) is 3.91. The molecule has 3 heteroatoms. The first-order valence-electron chi connectivity index (χ1n) is 5.93. The van der Waals surface area contributed by atoms with Gasteiger partial charge in [-0.2, -0.15) is 0 Å². The Morgan fingerprint density at radius 2 is 2.06 bits per heavy atom. The van der Waals surface area contributed by atoms with Crippen LogP contribution in [0.15, 0.2) is 35.9 Å². The molecule has 0 spiro atoms. The molecule has 0 radical (unpaired) electrons. The summed E-state index contributed by atoms with van der Waals surface area (Å²) >= 11 is 5.71. The Morgan fingerprint density at radius 1 is 1.41 bits per heavy atom. The van der Waals surface area contributed by atoms with Crippen molar-refractivity contribution in [1.82, 2.24) is 5.32 Å². The van der Waals surface area contributed by atoms with Gasteiger partial charge in [0.2, 0.25) is 0 Å². The van der Waals surface area contributed by atoms with Gasteiger partial charge in [-0.05, 0) is 31.0 Å². The predicted molar refractivity (Wildman–Crippen MR) is 73.6 cm³/mol. The van der Waals surface area contributed by atoms with Crippen molar-refractivity contribution in [2.75, 3.05) is 13.2 Å². The highest BCUT2D eigenvalue weighted by atomic mass is 35.5. The van der Waals surface area contributed by atoms with E-state index in [1.165, 1.54) is 5.56 Å². The first-order valence-corrected chi connectivity index (χ1v) is 6.30. The Bertz CT molecular complexity index is 348. The molecule has 1 rings (SSSR count). The van der Waals surface area contributed by atoms with E-state index < -0.39 is 0 Å². The average molecular weight is 254 g/mol. The van der Waals surface area contributed by atoms with Crippen LogP contribution in [0.5, 0.6) is 5.75 Å². The lowest BCUT2D eigenvalue weighted by atomic mass is 10.1. The highest BCUT2D eigenvalue weighted by Gasteiger charge is 2.04. The molecule has 1 aromatic carbocycles. The second kappa shape index (κ2) is 7.36. The Hall–Kier alpha value is -0.990. The zero-order valence-corrected chi connectivity index (χ0v) is 11.3. The molecule has 1 aromatic rings. The minimum absolute atomic E-state index is 0.255. The molecule has 1 atom stereocenters. The predicted octanol–water partition coefficient (Wildman–Crippen LogP) is 3.88.